The lowest BCUT2D eigenvalue weighted by atomic mass is 10.1. The van der Waals surface area contributed by atoms with Gasteiger partial charge in [0.1, 0.15) is 5.82 Å². The first-order valence-corrected chi connectivity index (χ1v) is 7.21. The van der Waals surface area contributed by atoms with Crippen molar-refractivity contribution in [3.8, 4) is 0 Å². The zero-order valence-electron chi connectivity index (χ0n) is 12.2. The van der Waals surface area contributed by atoms with Crippen molar-refractivity contribution in [1.82, 2.24) is 10.3 Å². The van der Waals surface area contributed by atoms with Gasteiger partial charge in [-0.05, 0) is 44.0 Å². The number of ether oxygens (including phenoxy) is 1. The summed E-state index contributed by atoms with van der Waals surface area (Å²) in [6.07, 6.45) is 4.47. The summed E-state index contributed by atoms with van der Waals surface area (Å²) in [5, 5.41) is 3.44. The predicted octanol–water partition coefficient (Wildman–Crippen LogP) is 2.37. The smallest absolute Gasteiger partial charge is 0.129 e. The molecule has 1 heterocycles. The quantitative estimate of drug-likeness (QED) is 0.781. The van der Waals surface area contributed by atoms with Crippen LogP contribution in [0.25, 0.3) is 0 Å². The number of hydrogen-bond donors (Lipinski definition) is 1. The maximum Gasteiger partial charge on any atom is 0.129 e. The summed E-state index contributed by atoms with van der Waals surface area (Å²) in [5.41, 5.74) is 1.30. The summed E-state index contributed by atoms with van der Waals surface area (Å²) >= 11 is 0. The molecule has 19 heavy (non-hydrogen) atoms. The molecule has 0 radical (unpaired) electrons. The molecule has 1 aromatic heterocycles. The first kappa shape index (κ1) is 14.3. The fourth-order valence-corrected chi connectivity index (χ4v) is 2.34. The number of hydrogen-bond acceptors (Lipinski definition) is 4. The molecule has 0 spiro atoms. The second-order valence-electron chi connectivity index (χ2n) is 5.14. The van der Waals surface area contributed by atoms with Crippen molar-refractivity contribution in [2.24, 2.45) is 0 Å². The molecule has 1 N–H and O–H groups in total. The number of nitrogens with one attached hydrogen (secondary N) is 1. The standard InChI is InChI=1S/C15H25N3O/c1-4-16-12(2)13-7-8-17-15(11-13)18(9-10-19-3)14-5-6-14/h7-8,11-12,14,16H,4-6,9-10H2,1-3H3. The zero-order valence-corrected chi connectivity index (χ0v) is 12.2. The van der Waals surface area contributed by atoms with Crippen molar-refractivity contribution in [3.63, 3.8) is 0 Å². The molecule has 0 saturated heterocycles. The van der Waals surface area contributed by atoms with E-state index in [4.69, 9.17) is 4.74 Å². The number of pyridine rings is 1. The Morgan fingerprint density at radius 1 is 1.53 bits per heavy atom. The number of methoxy groups -OCH3 is 1. The minimum atomic E-state index is 0.371. The molecular weight excluding hydrogens is 238 g/mol. The molecule has 1 saturated carbocycles. The first-order valence-electron chi connectivity index (χ1n) is 7.21. The van der Waals surface area contributed by atoms with Gasteiger partial charge in [-0.15, -0.1) is 0 Å². The zero-order chi connectivity index (χ0) is 13.7. The van der Waals surface area contributed by atoms with Gasteiger partial charge >= 0.3 is 0 Å². The molecule has 4 nitrogen and oxygen atoms in total. The Balaban J connectivity index is 2.10. The van der Waals surface area contributed by atoms with E-state index in [-0.39, 0.29) is 0 Å². The van der Waals surface area contributed by atoms with Gasteiger partial charge in [0.15, 0.2) is 0 Å². The lowest BCUT2D eigenvalue weighted by Gasteiger charge is -2.24. The number of nitrogens with zero attached hydrogens (tertiary/aromatic N) is 2. The van der Waals surface area contributed by atoms with Crippen LogP contribution in [0.1, 0.15) is 38.3 Å². The van der Waals surface area contributed by atoms with Crippen LogP contribution in [0, 0.1) is 0 Å². The minimum absolute atomic E-state index is 0.371. The normalized spacial score (nSPS) is 16.4. The van der Waals surface area contributed by atoms with Crippen LogP contribution < -0.4 is 10.2 Å². The molecule has 1 aliphatic carbocycles. The topological polar surface area (TPSA) is 37.4 Å². The molecule has 1 unspecified atom stereocenters. The highest BCUT2D eigenvalue weighted by molar-refractivity contribution is 5.44. The van der Waals surface area contributed by atoms with E-state index in [9.17, 15) is 0 Å². The summed E-state index contributed by atoms with van der Waals surface area (Å²) in [6, 6.07) is 5.34. The van der Waals surface area contributed by atoms with Crippen molar-refractivity contribution in [1.29, 1.82) is 0 Å². The van der Waals surface area contributed by atoms with E-state index in [1.54, 1.807) is 7.11 Å². The Hall–Kier alpha value is -1.13. The van der Waals surface area contributed by atoms with Crippen LogP contribution in [-0.4, -0.2) is 37.8 Å². The molecule has 0 aliphatic heterocycles. The van der Waals surface area contributed by atoms with E-state index in [1.807, 2.05) is 6.20 Å². The van der Waals surface area contributed by atoms with Crippen molar-refractivity contribution in [2.45, 2.75) is 38.8 Å². The van der Waals surface area contributed by atoms with Crippen LogP contribution >= 0.6 is 0 Å². The second kappa shape index (κ2) is 6.87. The van der Waals surface area contributed by atoms with Crippen LogP contribution in [0.4, 0.5) is 5.82 Å². The first-order chi connectivity index (χ1) is 9.26. The van der Waals surface area contributed by atoms with Gasteiger partial charge in [-0.3, -0.25) is 0 Å². The molecule has 0 bridgehead atoms. The summed E-state index contributed by atoms with van der Waals surface area (Å²) in [4.78, 5) is 6.92. The summed E-state index contributed by atoms with van der Waals surface area (Å²) < 4.78 is 5.21. The molecule has 4 heteroatoms. The van der Waals surface area contributed by atoms with Gasteiger partial charge in [0.05, 0.1) is 6.61 Å². The van der Waals surface area contributed by atoms with Gasteiger partial charge in [-0.2, -0.15) is 0 Å². The third kappa shape index (κ3) is 3.91. The van der Waals surface area contributed by atoms with Crippen LogP contribution in [0.2, 0.25) is 0 Å². The van der Waals surface area contributed by atoms with E-state index >= 15 is 0 Å². The lowest BCUT2D eigenvalue weighted by molar-refractivity contribution is 0.204. The van der Waals surface area contributed by atoms with E-state index in [2.05, 4.69) is 41.2 Å². The fourth-order valence-electron chi connectivity index (χ4n) is 2.34. The Morgan fingerprint density at radius 2 is 2.32 bits per heavy atom. The van der Waals surface area contributed by atoms with Crippen molar-refractivity contribution in [2.75, 3.05) is 31.7 Å². The van der Waals surface area contributed by atoms with E-state index in [0.717, 1.165) is 25.5 Å². The van der Waals surface area contributed by atoms with Crippen LogP contribution in [0.5, 0.6) is 0 Å². The number of aromatic nitrogens is 1. The Morgan fingerprint density at radius 3 is 2.95 bits per heavy atom. The van der Waals surface area contributed by atoms with Crippen molar-refractivity contribution < 1.29 is 4.74 Å². The maximum atomic E-state index is 5.21. The molecule has 1 aliphatic rings. The highest BCUT2D eigenvalue weighted by atomic mass is 16.5. The van der Waals surface area contributed by atoms with Crippen LogP contribution in [0.15, 0.2) is 18.3 Å². The van der Waals surface area contributed by atoms with Crippen molar-refractivity contribution in [3.05, 3.63) is 23.9 Å². The third-order valence-corrected chi connectivity index (χ3v) is 3.60. The minimum Gasteiger partial charge on any atom is -0.383 e. The van der Waals surface area contributed by atoms with E-state index in [1.165, 1.54) is 18.4 Å². The molecule has 106 valence electrons. The predicted molar refractivity (Wildman–Crippen MR) is 78.6 cm³/mol. The summed E-state index contributed by atoms with van der Waals surface area (Å²) in [7, 11) is 1.75. The largest absolute Gasteiger partial charge is 0.383 e. The Kier molecular flexibility index (Phi) is 5.16. The molecule has 1 atom stereocenters. The average Bonchev–Trinajstić information content (AvgIpc) is 3.24. The lowest BCUT2D eigenvalue weighted by Crippen LogP contribution is -2.30. The van der Waals surface area contributed by atoms with Gasteiger partial charge < -0.3 is 15.0 Å². The summed E-state index contributed by atoms with van der Waals surface area (Å²) in [5.74, 6) is 1.09. The molecule has 0 amide bonds. The molecule has 1 fully saturated rings. The van der Waals surface area contributed by atoms with Gasteiger partial charge in [0, 0.05) is 31.9 Å². The molecule has 1 aromatic rings. The van der Waals surface area contributed by atoms with Crippen LogP contribution in [-0.2, 0) is 4.74 Å². The van der Waals surface area contributed by atoms with Gasteiger partial charge in [-0.1, -0.05) is 6.92 Å². The monoisotopic (exact) mass is 263 g/mol. The van der Waals surface area contributed by atoms with E-state index in [0.29, 0.717) is 12.1 Å². The third-order valence-electron chi connectivity index (χ3n) is 3.60. The fraction of sp³-hybridized carbons (Fsp3) is 0.667. The van der Waals surface area contributed by atoms with Crippen molar-refractivity contribution >= 4 is 5.82 Å². The van der Waals surface area contributed by atoms with Gasteiger partial charge in [0.25, 0.3) is 0 Å². The molecule has 2 rings (SSSR count). The molecule has 0 aromatic carbocycles. The average molecular weight is 263 g/mol. The molecular formula is C15H25N3O. The second-order valence-corrected chi connectivity index (χ2v) is 5.14. The number of anilines is 1. The highest BCUT2D eigenvalue weighted by Crippen LogP contribution is 2.31. The van der Waals surface area contributed by atoms with Gasteiger partial charge in [0.2, 0.25) is 0 Å². The highest BCUT2D eigenvalue weighted by Gasteiger charge is 2.29. The SMILES string of the molecule is CCNC(C)c1ccnc(N(CCOC)C2CC2)c1. The van der Waals surface area contributed by atoms with E-state index < -0.39 is 0 Å². The maximum absolute atomic E-state index is 5.21. The van der Waals surface area contributed by atoms with Crippen LogP contribution in [0.3, 0.4) is 0 Å². The summed E-state index contributed by atoms with van der Waals surface area (Å²) in [6.45, 7) is 6.99. The van der Waals surface area contributed by atoms with Gasteiger partial charge in [-0.25, -0.2) is 4.98 Å². The Labute approximate surface area is 116 Å². The number of rotatable bonds is 8. The Bertz CT molecular complexity index is 393.